The number of hydrogen-bond acceptors (Lipinski definition) is 5. The zero-order chi connectivity index (χ0) is 20.3. The predicted octanol–water partition coefficient (Wildman–Crippen LogP) is 3.51. The summed E-state index contributed by atoms with van der Waals surface area (Å²) in [5.41, 5.74) is 1.15. The van der Waals surface area contributed by atoms with E-state index < -0.39 is 0 Å². The number of thioether (sulfide) groups is 1. The van der Waals surface area contributed by atoms with Crippen LogP contribution in [-0.2, 0) is 4.79 Å². The van der Waals surface area contributed by atoms with Crippen LogP contribution in [0.25, 0.3) is 0 Å². The highest BCUT2D eigenvalue weighted by atomic mass is 32.2. The van der Waals surface area contributed by atoms with Crippen molar-refractivity contribution in [2.45, 2.75) is 18.2 Å². The van der Waals surface area contributed by atoms with Gasteiger partial charge in [0.1, 0.15) is 5.75 Å². The first-order valence-electron chi connectivity index (χ1n) is 10.4. The largest absolute Gasteiger partial charge is 0.492 e. The lowest BCUT2D eigenvalue weighted by molar-refractivity contribution is -0.122. The van der Waals surface area contributed by atoms with Crippen LogP contribution in [0, 0.1) is 0 Å². The Balaban J connectivity index is 1.32. The lowest BCUT2D eigenvalue weighted by Crippen LogP contribution is -2.49. The highest BCUT2D eigenvalue weighted by Crippen LogP contribution is 2.28. The van der Waals surface area contributed by atoms with E-state index in [1.165, 1.54) is 4.90 Å². The molecule has 1 amide bonds. The summed E-state index contributed by atoms with van der Waals surface area (Å²) in [5, 5.41) is 3.06. The van der Waals surface area contributed by atoms with Crippen LogP contribution in [-0.4, -0.2) is 62.4 Å². The number of benzene rings is 2. The Hall–Kier alpha value is -2.18. The van der Waals surface area contributed by atoms with Crippen LogP contribution in [0.3, 0.4) is 0 Å². The Morgan fingerprint density at radius 2 is 1.76 bits per heavy atom. The molecule has 0 radical (unpaired) electrons. The van der Waals surface area contributed by atoms with Gasteiger partial charge in [0.05, 0.1) is 18.8 Å². The van der Waals surface area contributed by atoms with Crippen LogP contribution in [0.1, 0.15) is 13.3 Å². The quantitative estimate of drug-likeness (QED) is 0.477. The van der Waals surface area contributed by atoms with Crippen LogP contribution < -0.4 is 15.0 Å². The minimum Gasteiger partial charge on any atom is -0.492 e. The third-order valence-electron chi connectivity index (χ3n) is 4.90. The zero-order valence-electron chi connectivity index (χ0n) is 17.2. The van der Waals surface area contributed by atoms with Gasteiger partial charge in [0, 0.05) is 37.6 Å². The van der Waals surface area contributed by atoms with Crippen LogP contribution in [0.15, 0.2) is 59.5 Å². The van der Waals surface area contributed by atoms with Crippen molar-refractivity contribution < 1.29 is 9.53 Å². The summed E-state index contributed by atoms with van der Waals surface area (Å²) in [7, 11) is 0. The molecule has 0 spiro atoms. The molecule has 29 heavy (non-hydrogen) atoms. The van der Waals surface area contributed by atoms with E-state index in [4.69, 9.17) is 4.74 Å². The topological polar surface area (TPSA) is 44.8 Å². The molecule has 0 saturated carbocycles. The Labute approximate surface area is 178 Å². The summed E-state index contributed by atoms with van der Waals surface area (Å²) < 4.78 is 5.75. The fraction of sp³-hybridized carbons (Fsp3) is 0.435. The van der Waals surface area contributed by atoms with Gasteiger partial charge >= 0.3 is 0 Å². The maximum atomic E-state index is 12.2. The van der Waals surface area contributed by atoms with Crippen molar-refractivity contribution in [1.29, 1.82) is 0 Å². The molecular weight excluding hydrogens is 382 g/mol. The van der Waals surface area contributed by atoms with E-state index in [-0.39, 0.29) is 5.91 Å². The van der Waals surface area contributed by atoms with Gasteiger partial charge in [-0.25, -0.2) is 0 Å². The number of carbonyl (C=O) groups is 1. The first-order chi connectivity index (χ1) is 14.3. The summed E-state index contributed by atoms with van der Waals surface area (Å²) in [4.78, 5) is 18.1. The lowest BCUT2D eigenvalue weighted by Gasteiger charge is -2.36. The van der Waals surface area contributed by atoms with Gasteiger partial charge in [-0.3, -0.25) is 9.69 Å². The highest BCUT2D eigenvalue weighted by Gasteiger charge is 2.21. The van der Waals surface area contributed by atoms with Crippen molar-refractivity contribution in [3.05, 3.63) is 54.6 Å². The number of piperazine rings is 1. The Morgan fingerprint density at radius 1 is 1.03 bits per heavy atom. The fourth-order valence-corrected chi connectivity index (χ4v) is 4.28. The van der Waals surface area contributed by atoms with E-state index in [1.54, 1.807) is 0 Å². The van der Waals surface area contributed by atoms with Crippen LogP contribution in [0.4, 0.5) is 5.69 Å². The molecule has 1 aliphatic heterocycles. The van der Waals surface area contributed by atoms with Crippen molar-refractivity contribution in [3.8, 4) is 5.75 Å². The summed E-state index contributed by atoms with van der Waals surface area (Å²) in [5.74, 6) is 2.08. The van der Waals surface area contributed by atoms with Gasteiger partial charge in [-0.1, -0.05) is 30.3 Å². The molecule has 2 aromatic rings. The van der Waals surface area contributed by atoms with E-state index >= 15 is 0 Å². The molecule has 1 N–H and O–H groups in total. The third kappa shape index (κ3) is 6.98. The molecule has 1 fully saturated rings. The molecule has 6 heteroatoms. The number of hydrogen-bond donors (Lipinski definition) is 1. The molecule has 0 aliphatic carbocycles. The van der Waals surface area contributed by atoms with Gasteiger partial charge in [-0.15, -0.1) is 11.8 Å². The second kappa shape index (κ2) is 11.7. The molecule has 156 valence electrons. The number of carbonyl (C=O) groups excluding carboxylic acids is 1. The zero-order valence-corrected chi connectivity index (χ0v) is 18.0. The van der Waals surface area contributed by atoms with Gasteiger partial charge in [0.25, 0.3) is 0 Å². The van der Waals surface area contributed by atoms with E-state index in [9.17, 15) is 4.79 Å². The van der Waals surface area contributed by atoms with Crippen molar-refractivity contribution in [3.63, 3.8) is 0 Å². The van der Waals surface area contributed by atoms with Gasteiger partial charge in [0.15, 0.2) is 0 Å². The molecule has 0 unspecified atom stereocenters. The number of para-hydroxylation sites is 2. The first kappa shape index (κ1) is 21.5. The van der Waals surface area contributed by atoms with Gasteiger partial charge < -0.3 is 15.0 Å². The lowest BCUT2D eigenvalue weighted by atomic mass is 10.2. The van der Waals surface area contributed by atoms with E-state index in [2.05, 4.69) is 45.4 Å². The van der Waals surface area contributed by atoms with E-state index in [0.29, 0.717) is 13.2 Å². The number of anilines is 1. The predicted molar refractivity (Wildman–Crippen MR) is 121 cm³/mol. The van der Waals surface area contributed by atoms with Gasteiger partial charge in [-0.2, -0.15) is 0 Å². The van der Waals surface area contributed by atoms with Gasteiger partial charge in [0.2, 0.25) is 5.91 Å². The molecule has 1 saturated heterocycles. The van der Waals surface area contributed by atoms with E-state index in [0.717, 1.165) is 56.3 Å². The maximum Gasteiger partial charge on any atom is 0.234 e. The minimum absolute atomic E-state index is 0.123. The summed E-state index contributed by atoms with van der Waals surface area (Å²) in [6.45, 7) is 7.48. The monoisotopic (exact) mass is 413 g/mol. The fourth-order valence-electron chi connectivity index (χ4n) is 3.41. The van der Waals surface area contributed by atoms with Crippen LogP contribution >= 0.6 is 11.8 Å². The Bertz CT molecular complexity index is 749. The Morgan fingerprint density at radius 3 is 2.52 bits per heavy atom. The summed E-state index contributed by atoms with van der Waals surface area (Å²) in [6, 6.07) is 18.6. The van der Waals surface area contributed by atoms with Crippen molar-refractivity contribution in [2.75, 3.05) is 56.5 Å². The SMILES string of the molecule is CCOc1ccccc1N1CCN(CC(=O)NCCCSc2ccccc2)CC1. The molecule has 5 nitrogen and oxygen atoms in total. The number of nitrogens with one attached hydrogen (secondary N) is 1. The molecule has 1 aliphatic rings. The van der Waals surface area contributed by atoms with E-state index in [1.807, 2.05) is 43.0 Å². The molecule has 0 bridgehead atoms. The van der Waals surface area contributed by atoms with Crippen LogP contribution in [0.5, 0.6) is 5.75 Å². The average molecular weight is 414 g/mol. The number of amides is 1. The number of ether oxygens (including phenoxy) is 1. The smallest absolute Gasteiger partial charge is 0.234 e. The van der Waals surface area contributed by atoms with Crippen molar-refractivity contribution >= 4 is 23.4 Å². The van der Waals surface area contributed by atoms with Crippen molar-refractivity contribution in [2.24, 2.45) is 0 Å². The van der Waals surface area contributed by atoms with Crippen LogP contribution in [0.2, 0.25) is 0 Å². The first-order valence-corrected chi connectivity index (χ1v) is 11.4. The molecule has 1 heterocycles. The number of rotatable bonds is 10. The number of nitrogens with zero attached hydrogens (tertiary/aromatic N) is 2. The second-order valence-electron chi connectivity index (χ2n) is 7.03. The standard InChI is InChI=1S/C23H31N3O2S/c1-2-28-22-12-7-6-11-21(22)26-16-14-25(15-17-26)19-23(27)24-13-8-18-29-20-9-4-3-5-10-20/h3-7,9-12H,2,8,13-19H2,1H3,(H,24,27). The molecule has 0 aromatic heterocycles. The molecular formula is C23H31N3O2S. The van der Waals surface area contributed by atoms with Gasteiger partial charge in [-0.05, 0) is 43.4 Å². The Kier molecular flexibility index (Phi) is 8.71. The molecule has 2 aromatic carbocycles. The summed E-state index contributed by atoms with van der Waals surface area (Å²) in [6.07, 6.45) is 0.979. The second-order valence-corrected chi connectivity index (χ2v) is 8.20. The average Bonchev–Trinajstić information content (AvgIpc) is 2.75. The van der Waals surface area contributed by atoms with Crippen molar-refractivity contribution in [1.82, 2.24) is 10.2 Å². The summed E-state index contributed by atoms with van der Waals surface area (Å²) >= 11 is 1.83. The minimum atomic E-state index is 0.123. The molecule has 0 atom stereocenters. The molecule has 3 rings (SSSR count). The highest BCUT2D eigenvalue weighted by molar-refractivity contribution is 7.99. The third-order valence-corrected chi connectivity index (χ3v) is 6.00. The maximum absolute atomic E-state index is 12.2. The normalized spacial score (nSPS) is 14.6.